The van der Waals surface area contributed by atoms with Gasteiger partial charge in [-0.3, -0.25) is 9.48 Å². The molecular weight excluding hydrogens is 242 g/mol. The molecule has 5 nitrogen and oxygen atoms in total. The lowest BCUT2D eigenvalue weighted by atomic mass is 9.86. The Morgan fingerprint density at radius 3 is 2.53 bits per heavy atom. The zero-order chi connectivity index (χ0) is 14.8. The molecule has 0 aliphatic carbocycles. The van der Waals surface area contributed by atoms with Gasteiger partial charge in [-0.1, -0.05) is 27.7 Å². The van der Waals surface area contributed by atoms with Gasteiger partial charge < -0.3 is 10.0 Å². The summed E-state index contributed by atoms with van der Waals surface area (Å²) >= 11 is 0. The first-order chi connectivity index (χ1) is 8.72. The molecule has 0 aromatic carbocycles. The van der Waals surface area contributed by atoms with Crippen LogP contribution in [-0.2, 0) is 13.5 Å². The average Bonchev–Trinajstić information content (AvgIpc) is 2.68. The Morgan fingerprint density at radius 2 is 2.11 bits per heavy atom. The highest BCUT2D eigenvalue weighted by atomic mass is 16.3. The van der Waals surface area contributed by atoms with Crippen molar-refractivity contribution in [2.45, 2.75) is 40.2 Å². The summed E-state index contributed by atoms with van der Waals surface area (Å²) in [6.07, 6.45) is 2.46. The van der Waals surface area contributed by atoms with Crippen molar-refractivity contribution in [1.29, 1.82) is 0 Å². The van der Waals surface area contributed by atoms with E-state index in [-0.39, 0.29) is 24.0 Å². The number of aliphatic hydroxyl groups is 1. The van der Waals surface area contributed by atoms with E-state index in [4.69, 9.17) is 0 Å². The number of nitrogens with zero attached hydrogens (tertiary/aromatic N) is 3. The maximum atomic E-state index is 12.5. The minimum atomic E-state index is -0.218. The van der Waals surface area contributed by atoms with Crippen LogP contribution in [0.4, 0.5) is 0 Å². The van der Waals surface area contributed by atoms with Gasteiger partial charge in [-0.2, -0.15) is 5.10 Å². The third kappa shape index (κ3) is 3.35. The summed E-state index contributed by atoms with van der Waals surface area (Å²) in [7, 11) is 3.55. The van der Waals surface area contributed by atoms with Crippen LogP contribution in [0.25, 0.3) is 0 Å². The number of aryl methyl sites for hydroxylation is 2. The maximum Gasteiger partial charge on any atom is 0.257 e. The number of carbonyl (C=O) groups excluding carboxylic acids is 1. The Hall–Kier alpha value is -1.36. The molecular formula is C14H25N3O2. The molecule has 1 atom stereocenters. The Kier molecular flexibility index (Phi) is 4.74. The SMILES string of the molecule is CCc1nn(C)cc1C(=O)N(C)[C@H](CO)C(C)(C)C. The molecule has 0 fully saturated rings. The molecule has 0 saturated carbocycles. The summed E-state index contributed by atoms with van der Waals surface area (Å²) in [4.78, 5) is 14.2. The van der Waals surface area contributed by atoms with Gasteiger partial charge in [0.1, 0.15) is 0 Å². The van der Waals surface area contributed by atoms with Crippen molar-refractivity contribution in [2.24, 2.45) is 12.5 Å². The average molecular weight is 267 g/mol. The van der Waals surface area contributed by atoms with E-state index in [1.54, 1.807) is 22.8 Å². The minimum Gasteiger partial charge on any atom is -0.394 e. The van der Waals surface area contributed by atoms with Gasteiger partial charge in [0.15, 0.2) is 0 Å². The van der Waals surface area contributed by atoms with E-state index < -0.39 is 0 Å². The quantitative estimate of drug-likeness (QED) is 0.898. The smallest absolute Gasteiger partial charge is 0.257 e. The molecule has 0 saturated heterocycles. The van der Waals surface area contributed by atoms with Crippen LogP contribution >= 0.6 is 0 Å². The van der Waals surface area contributed by atoms with Gasteiger partial charge >= 0.3 is 0 Å². The van der Waals surface area contributed by atoms with Gasteiger partial charge in [0.2, 0.25) is 0 Å². The molecule has 1 aromatic heterocycles. The van der Waals surface area contributed by atoms with Crippen molar-refractivity contribution >= 4 is 5.91 Å². The zero-order valence-corrected chi connectivity index (χ0v) is 12.8. The van der Waals surface area contributed by atoms with E-state index >= 15 is 0 Å². The van der Waals surface area contributed by atoms with E-state index in [1.165, 1.54) is 0 Å². The summed E-state index contributed by atoms with van der Waals surface area (Å²) in [5.41, 5.74) is 1.24. The van der Waals surface area contributed by atoms with Crippen LogP contribution in [0.2, 0.25) is 0 Å². The van der Waals surface area contributed by atoms with Crippen molar-refractivity contribution in [3.05, 3.63) is 17.5 Å². The van der Waals surface area contributed by atoms with Crippen LogP contribution in [0.5, 0.6) is 0 Å². The van der Waals surface area contributed by atoms with E-state index in [0.29, 0.717) is 5.56 Å². The zero-order valence-electron chi connectivity index (χ0n) is 12.8. The number of amides is 1. The largest absolute Gasteiger partial charge is 0.394 e. The fourth-order valence-electron chi connectivity index (χ4n) is 2.28. The van der Waals surface area contributed by atoms with Crippen LogP contribution in [0.1, 0.15) is 43.7 Å². The number of aliphatic hydroxyl groups excluding tert-OH is 1. The van der Waals surface area contributed by atoms with Gasteiger partial charge in [-0.25, -0.2) is 0 Å². The summed E-state index contributed by atoms with van der Waals surface area (Å²) < 4.78 is 1.66. The Morgan fingerprint density at radius 1 is 1.53 bits per heavy atom. The lowest BCUT2D eigenvalue weighted by Crippen LogP contribution is -2.47. The van der Waals surface area contributed by atoms with Gasteiger partial charge in [-0.05, 0) is 11.8 Å². The fraction of sp³-hybridized carbons (Fsp3) is 0.714. The number of hydrogen-bond acceptors (Lipinski definition) is 3. The Balaban J connectivity index is 3.04. The minimum absolute atomic E-state index is 0.0482. The van der Waals surface area contributed by atoms with E-state index in [1.807, 2.05) is 34.7 Å². The van der Waals surface area contributed by atoms with Crippen molar-refractivity contribution in [1.82, 2.24) is 14.7 Å². The number of rotatable bonds is 4. The highest BCUT2D eigenvalue weighted by molar-refractivity contribution is 5.95. The predicted molar refractivity (Wildman–Crippen MR) is 75.0 cm³/mol. The topological polar surface area (TPSA) is 58.4 Å². The second-order valence-electron chi connectivity index (χ2n) is 6.00. The molecule has 1 amide bonds. The normalized spacial score (nSPS) is 13.4. The highest BCUT2D eigenvalue weighted by Gasteiger charge is 2.32. The molecule has 0 aliphatic heterocycles. The van der Waals surface area contributed by atoms with Crippen molar-refractivity contribution in [3.63, 3.8) is 0 Å². The first kappa shape index (κ1) is 15.7. The summed E-state index contributed by atoms with van der Waals surface area (Å²) in [6, 6.07) is -0.218. The van der Waals surface area contributed by atoms with Crippen molar-refractivity contribution in [2.75, 3.05) is 13.7 Å². The molecule has 108 valence electrons. The van der Waals surface area contributed by atoms with Crippen LogP contribution in [0.15, 0.2) is 6.20 Å². The highest BCUT2D eigenvalue weighted by Crippen LogP contribution is 2.25. The molecule has 1 aromatic rings. The van der Waals surface area contributed by atoms with E-state index in [0.717, 1.165) is 12.1 Å². The standard InChI is InChI=1S/C14H25N3O2/c1-7-11-10(8-16(5)15-11)13(19)17(6)12(9-18)14(2,3)4/h8,12,18H,7,9H2,1-6H3/t12-/m1/s1. The van der Waals surface area contributed by atoms with Crippen LogP contribution in [0.3, 0.4) is 0 Å². The molecule has 1 N–H and O–H groups in total. The summed E-state index contributed by atoms with van der Waals surface area (Å²) in [5, 5.41) is 13.8. The summed E-state index contributed by atoms with van der Waals surface area (Å²) in [6.45, 7) is 7.98. The lowest BCUT2D eigenvalue weighted by Gasteiger charge is -2.36. The van der Waals surface area contributed by atoms with E-state index in [9.17, 15) is 9.90 Å². The molecule has 1 rings (SSSR count). The molecule has 5 heteroatoms. The third-order valence-corrected chi connectivity index (χ3v) is 3.43. The second-order valence-corrected chi connectivity index (χ2v) is 6.00. The van der Waals surface area contributed by atoms with Gasteiger partial charge in [0.25, 0.3) is 5.91 Å². The van der Waals surface area contributed by atoms with E-state index in [2.05, 4.69) is 5.10 Å². The number of aromatic nitrogens is 2. The monoisotopic (exact) mass is 267 g/mol. The molecule has 1 heterocycles. The third-order valence-electron chi connectivity index (χ3n) is 3.43. The van der Waals surface area contributed by atoms with Crippen molar-refractivity contribution < 1.29 is 9.90 Å². The molecule has 0 unspecified atom stereocenters. The number of likely N-dealkylation sites (N-methyl/N-ethyl adjacent to an activating group) is 1. The molecule has 0 aliphatic rings. The second kappa shape index (κ2) is 5.74. The number of hydrogen-bond donors (Lipinski definition) is 1. The van der Waals surface area contributed by atoms with Crippen LogP contribution in [-0.4, -0.2) is 45.4 Å². The molecule has 0 bridgehead atoms. The Bertz CT molecular complexity index is 446. The lowest BCUT2D eigenvalue weighted by molar-refractivity contribution is 0.0433. The fourth-order valence-corrected chi connectivity index (χ4v) is 2.28. The predicted octanol–water partition coefficient (Wildman–Crippen LogP) is 1.46. The molecule has 0 radical (unpaired) electrons. The van der Waals surface area contributed by atoms with Crippen molar-refractivity contribution in [3.8, 4) is 0 Å². The van der Waals surface area contributed by atoms with Crippen LogP contribution < -0.4 is 0 Å². The van der Waals surface area contributed by atoms with Gasteiger partial charge in [-0.15, -0.1) is 0 Å². The molecule has 0 spiro atoms. The van der Waals surface area contributed by atoms with Gasteiger partial charge in [0.05, 0.1) is 23.9 Å². The molecule has 19 heavy (non-hydrogen) atoms. The van der Waals surface area contributed by atoms with Crippen LogP contribution in [0, 0.1) is 5.41 Å². The summed E-state index contributed by atoms with van der Waals surface area (Å²) in [5.74, 6) is -0.0843. The first-order valence-electron chi connectivity index (χ1n) is 6.62. The Labute approximate surface area is 115 Å². The number of carbonyl (C=O) groups is 1. The van der Waals surface area contributed by atoms with Gasteiger partial charge in [0, 0.05) is 20.3 Å². The first-order valence-corrected chi connectivity index (χ1v) is 6.62. The maximum absolute atomic E-state index is 12.5.